The Morgan fingerprint density at radius 3 is 1.83 bits per heavy atom. The number of carbonyl (C=O) groups is 3. The fraction of sp³-hybridized carbons (Fsp3) is 0.286. The molecule has 0 aliphatic carbocycles. The third-order valence-corrected chi connectivity index (χ3v) is 5.82. The maximum Gasteiger partial charge on any atom is 0.335 e. The fourth-order valence-electron chi connectivity index (χ4n) is 2.83. The molecule has 30 heavy (non-hydrogen) atoms. The minimum absolute atomic E-state index is 0.0647. The van der Waals surface area contributed by atoms with Crippen molar-refractivity contribution in [1.29, 1.82) is 0 Å². The van der Waals surface area contributed by atoms with Crippen LogP contribution in [0.3, 0.4) is 0 Å². The molecular formula is C21H21Cl3N2O4. The van der Waals surface area contributed by atoms with Crippen molar-refractivity contribution in [2.75, 3.05) is 6.54 Å². The summed E-state index contributed by atoms with van der Waals surface area (Å²) in [7, 11) is 0. The first kappa shape index (κ1) is 24.0. The van der Waals surface area contributed by atoms with Gasteiger partial charge in [0, 0.05) is 17.7 Å². The van der Waals surface area contributed by atoms with E-state index in [0.717, 1.165) is 0 Å². The standard InChI is InChI=1S/C21H21Cl3N2O4/c1-4-12(3)26(20(28)15-10-16(22)18(24)17(23)11-15)25(5-2)19(27)13-6-8-14(9-7-13)21(29)30/h6-12H,4-5H2,1-3H3,(H,29,30). The van der Waals surface area contributed by atoms with E-state index in [1.54, 1.807) is 6.92 Å². The molecule has 160 valence electrons. The molecule has 1 atom stereocenters. The molecule has 0 saturated carbocycles. The maximum absolute atomic E-state index is 13.3. The van der Waals surface area contributed by atoms with Crippen LogP contribution in [-0.2, 0) is 0 Å². The second-order valence-corrected chi connectivity index (χ2v) is 7.76. The molecule has 1 N–H and O–H groups in total. The normalized spacial score (nSPS) is 11.7. The highest BCUT2D eigenvalue weighted by Crippen LogP contribution is 2.32. The average molecular weight is 472 g/mol. The van der Waals surface area contributed by atoms with Gasteiger partial charge in [0.25, 0.3) is 11.8 Å². The van der Waals surface area contributed by atoms with Crippen molar-refractivity contribution in [3.63, 3.8) is 0 Å². The van der Waals surface area contributed by atoms with Gasteiger partial charge >= 0.3 is 5.97 Å². The summed E-state index contributed by atoms with van der Waals surface area (Å²) in [6, 6.07) is 8.04. The highest BCUT2D eigenvalue weighted by atomic mass is 35.5. The molecule has 0 saturated heterocycles. The quantitative estimate of drug-likeness (QED) is 0.435. The Morgan fingerprint density at radius 1 is 0.900 bits per heavy atom. The van der Waals surface area contributed by atoms with E-state index in [2.05, 4.69) is 0 Å². The molecule has 0 aliphatic rings. The first-order valence-corrected chi connectivity index (χ1v) is 10.4. The highest BCUT2D eigenvalue weighted by molar-refractivity contribution is 6.48. The van der Waals surface area contributed by atoms with Gasteiger partial charge in [-0.25, -0.2) is 14.8 Å². The third kappa shape index (κ3) is 5.06. The van der Waals surface area contributed by atoms with E-state index in [1.807, 2.05) is 13.8 Å². The number of hydrogen-bond donors (Lipinski definition) is 1. The van der Waals surface area contributed by atoms with Gasteiger partial charge in [0.2, 0.25) is 0 Å². The maximum atomic E-state index is 13.3. The lowest BCUT2D eigenvalue weighted by atomic mass is 10.1. The van der Waals surface area contributed by atoms with E-state index in [-0.39, 0.29) is 44.3 Å². The van der Waals surface area contributed by atoms with Crippen molar-refractivity contribution >= 4 is 52.6 Å². The Balaban J connectivity index is 2.46. The van der Waals surface area contributed by atoms with Gasteiger partial charge in [-0.3, -0.25) is 9.59 Å². The summed E-state index contributed by atoms with van der Waals surface area (Å²) in [5, 5.41) is 12.1. The molecule has 6 nitrogen and oxygen atoms in total. The molecule has 0 spiro atoms. The lowest BCUT2D eigenvalue weighted by Gasteiger charge is -2.38. The van der Waals surface area contributed by atoms with E-state index >= 15 is 0 Å². The van der Waals surface area contributed by atoms with Crippen LogP contribution >= 0.6 is 34.8 Å². The van der Waals surface area contributed by atoms with Crippen LogP contribution in [0.15, 0.2) is 36.4 Å². The van der Waals surface area contributed by atoms with Gasteiger partial charge in [0.05, 0.1) is 26.7 Å². The van der Waals surface area contributed by atoms with Crippen LogP contribution in [0, 0.1) is 0 Å². The van der Waals surface area contributed by atoms with E-state index in [0.29, 0.717) is 6.42 Å². The number of hydrogen-bond acceptors (Lipinski definition) is 3. The molecule has 1 unspecified atom stereocenters. The Kier molecular flexibility index (Phi) is 8.12. The Morgan fingerprint density at radius 2 is 1.40 bits per heavy atom. The molecule has 2 aromatic rings. The monoisotopic (exact) mass is 470 g/mol. The molecule has 0 radical (unpaired) electrons. The topological polar surface area (TPSA) is 77.9 Å². The van der Waals surface area contributed by atoms with Crippen LogP contribution in [-0.4, -0.2) is 45.5 Å². The van der Waals surface area contributed by atoms with E-state index in [1.165, 1.54) is 46.4 Å². The minimum Gasteiger partial charge on any atom is -0.478 e. The van der Waals surface area contributed by atoms with Crippen molar-refractivity contribution in [3.05, 3.63) is 68.2 Å². The summed E-state index contributed by atoms with van der Waals surface area (Å²) >= 11 is 18.1. The van der Waals surface area contributed by atoms with Gasteiger partial charge in [-0.05, 0) is 56.7 Å². The zero-order chi connectivity index (χ0) is 22.6. The number of carboxylic acid groups (broad SMARTS) is 1. The van der Waals surface area contributed by atoms with Gasteiger partial charge in [0.15, 0.2) is 0 Å². The lowest BCUT2D eigenvalue weighted by molar-refractivity contribution is -0.0187. The average Bonchev–Trinajstić information content (AvgIpc) is 2.73. The number of hydrazine groups is 1. The first-order valence-electron chi connectivity index (χ1n) is 9.25. The Hall–Kier alpha value is -2.28. The number of nitrogens with zero attached hydrogens (tertiary/aromatic N) is 2. The fourth-order valence-corrected chi connectivity index (χ4v) is 3.43. The third-order valence-electron chi connectivity index (χ3n) is 4.62. The second kappa shape index (κ2) is 10.2. The van der Waals surface area contributed by atoms with Crippen LogP contribution in [0.5, 0.6) is 0 Å². The molecule has 9 heteroatoms. The van der Waals surface area contributed by atoms with Crippen LogP contribution in [0.1, 0.15) is 58.3 Å². The van der Waals surface area contributed by atoms with E-state index < -0.39 is 17.8 Å². The molecule has 0 bridgehead atoms. The van der Waals surface area contributed by atoms with Gasteiger partial charge in [-0.2, -0.15) is 0 Å². The van der Waals surface area contributed by atoms with Gasteiger partial charge < -0.3 is 5.11 Å². The summed E-state index contributed by atoms with van der Waals surface area (Å²) in [5.41, 5.74) is 0.521. The molecular weight excluding hydrogens is 451 g/mol. The van der Waals surface area contributed by atoms with Crippen molar-refractivity contribution in [2.24, 2.45) is 0 Å². The van der Waals surface area contributed by atoms with Crippen LogP contribution in [0.4, 0.5) is 0 Å². The minimum atomic E-state index is -1.09. The summed E-state index contributed by atoms with van der Waals surface area (Å²) in [5.74, 6) is -1.98. The predicted octanol–water partition coefficient (Wildman–Crippen LogP) is 5.66. The van der Waals surface area contributed by atoms with E-state index in [4.69, 9.17) is 39.9 Å². The molecule has 0 heterocycles. The molecule has 2 rings (SSSR count). The molecule has 2 amide bonds. The van der Waals surface area contributed by atoms with Gasteiger partial charge in [0.1, 0.15) is 0 Å². The second-order valence-electron chi connectivity index (χ2n) is 6.56. The van der Waals surface area contributed by atoms with Crippen molar-refractivity contribution in [1.82, 2.24) is 10.0 Å². The van der Waals surface area contributed by atoms with Crippen molar-refractivity contribution in [2.45, 2.75) is 33.2 Å². The van der Waals surface area contributed by atoms with Crippen LogP contribution in [0.2, 0.25) is 15.1 Å². The number of carboxylic acids is 1. The van der Waals surface area contributed by atoms with Crippen LogP contribution < -0.4 is 0 Å². The summed E-state index contributed by atoms with van der Waals surface area (Å²) in [6.45, 7) is 5.67. The smallest absolute Gasteiger partial charge is 0.335 e. The van der Waals surface area contributed by atoms with E-state index in [9.17, 15) is 14.4 Å². The molecule has 0 aromatic heterocycles. The zero-order valence-electron chi connectivity index (χ0n) is 16.7. The summed E-state index contributed by atoms with van der Waals surface area (Å²) in [6.07, 6.45) is 0.586. The predicted molar refractivity (Wildman–Crippen MR) is 118 cm³/mol. The number of benzene rings is 2. The number of rotatable bonds is 6. The number of halogens is 3. The summed E-state index contributed by atoms with van der Waals surface area (Å²) in [4.78, 5) is 37.5. The number of aromatic carboxylic acids is 1. The summed E-state index contributed by atoms with van der Waals surface area (Å²) < 4.78 is 0. The zero-order valence-corrected chi connectivity index (χ0v) is 18.9. The SMILES string of the molecule is CCC(C)N(C(=O)c1cc(Cl)c(Cl)c(Cl)c1)N(CC)C(=O)c1ccc(C(=O)O)cc1. The number of amides is 2. The Bertz CT molecular complexity index is 940. The van der Waals surface area contributed by atoms with Crippen LogP contribution in [0.25, 0.3) is 0 Å². The van der Waals surface area contributed by atoms with Gasteiger partial charge in [-0.1, -0.05) is 41.7 Å². The van der Waals surface area contributed by atoms with Crippen molar-refractivity contribution < 1.29 is 19.5 Å². The van der Waals surface area contributed by atoms with Crippen molar-refractivity contribution in [3.8, 4) is 0 Å². The molecule has 0 aliphatic heterocycles. The largest absolute Gasteiger partial charge is 0.478 e. The highest BCUT2D eigenvalue weighted by Gasteiger charge is 2.31. The lowest BCUT2D eigenvalue weighted by Crippen LogP contribution is -2.53. The molecule has 0 fully saturated rings. The van der Waals surface area contributed by atoms with Gasteiger partial charge in [-0.15, -0.1) is 0 Å². The first-order chi connectivity index (χ1) is 14.1. The number of carbonyl (C=O) groups excluding carboxylic acids is 2. The Labute approximate surface area is 189 Å². The molecule has 2 aromatic carbocycles.